The first-order chi connectivity index (χ1) is 8.16. The Bertz CT molecular complexity index is 490. The van der Waals surface area contributed by atoms with Gasteiger partial charge in [0, 0.05) is 5.56 Å². The lowest BCUT2D eigenvalue weighted by Crippen LogP contribution is -2.26. The molecule has 0 aliphatic heterocycles. The minimum absolute atomic E-state index is 0.511. The van der Waals surface area contributed by atoms with Crippen LogP contribution in [0.5, 0.6) is 0 Å². The first kappa shape index (κ1) is 11.7. The zero-order valence-electron chi connectivity index (χ0n) is 9.93. The summed E-state index contributed by atoms with van der Waals surface area (Å²) in [6, 6.07) is 9.38. The van der Waals surface area contributed by atoms with Crippen LogP contribution in [-0.2, 0) is 5.60 Å². The number of aliphatic hydroxyl groups is 1. The van der Waals surface area contributed by atoms with Crippen molar-refractivity contribution < 1.29 is 5.11 Å². The molecule has 1 aliphatic rings. The minimum Gasteiger partial charge on any atom is -0.369 e. The van der Waals surface area contributed by atoms with Crippen LogP contribution < -0.4 is 0 Å². The molecule has 1 N–H and O–H groups in total. The molecule has 0 radical (unpaired) electrons. The van der Waals surface area contributed by atoms with E-state index in [0.29, 0.717) is 5.92 Å². The second-order valence-electron chi connectivity index (χ2n) is 4.45. The van der Waals surface area contributed by atoms with Crippen molar-refractivity contribution in [3.63, 3.8) is 0 Å². The smallest absolute Gasteiger partial charge is 0.176 e. The highest BCUT2D eigenvalue weighted by atomic mass is 16.3. The number of benzene rings is 1. The van der Waals surface area contributed by atoms with E-state index in [0.717, 1.165) is 17.6 Å². The first-order valence-electron chi connectivity index (χ1n) is 5.81. The molecule has 1 aliphatic carbocycles. The van der Waals surface area contributed by atoms with E-state index in [9.17, 15) is 5.11 Å². The summed E-state index contributed by atoms with van der Waals surface area (Å²) >= 11 is 0. The third-order valence-electron chi connectivity index (χ3n) is 3.13. The molecule has 0 aromatic heterocycles. The number of hydrogen-bond acceptors (Lipinski definition) is 1. The van der Waals surface area contributed by atoms with Crippen molar-refractivity contribution in [3.8, 4) is 12.3 Å². The summed E-state index contributed by atoms with van der Waals surface area (Å²) < 4.78 is 0. The average Bonchev–Trinajstić information content (AvgIpc) is 2.40. The third kappa shape index (κ3) is 2.18. The van der Waals surface area contributed by atoms with Gasteiger partial charge in [0.05, 0.1) is 0 Å². The molecule has 0 bridgehead atoms. The molecule has 0 saturated carbocycles. The van der Waals surface area contributed by atoms with Gasteiger partial charge in [-0.3, -0.25) is 0 Å². The van der Waals surface area contributed by atoms with Crippen LogP contribution >= 0.6 is 0 Å². The molecular weight excluding hydrogens is 208 g/mol. The molecule has 1 heteroatoms. The quantitative estimate of drug-likeness (QED) is 0.766. The van der Waals surface area contributed by atoms with E-state index < -0.39 is 5.60 Å². The normalized spacial score (nSPS) is 22.4. The Labute approximate surface area is 102 Å². The maximum atomic E-state index is 10.6. The lowest BCUT2D eigenvalue weighted by atomic mass is 9.82. The van der Waals surface area contributed by atoms with Gasteiger partial charge in [0.2, 0.25) is 0 Å². The van der Waals surface area contributed by atoms with Crippen molar-refractivity contribution in [2.24, 2.45) is 5.92 Å². The van der Waals surface area contributed by atoms with Crippen LogP contribution in [0.2, 0.25) is 0 Å². The minimum atomic E-state index is -1.31. The second kappa shape index (κ2) is 4.61. The van der Waals surface area contributed by atoms with E-state index >= 15 is 0 Å². The summed E-state index contributed by atoms with van der Waals surface area (Å²) in [5, 5.41) is 10.6. The topological polar surface area (TPSA) is 20.2 Å². The largest absolute Gasteiger partial charge is 0.369 e. The summed E-state index contributed by atoms with van der Waals surface area (Å²) in [6.07, 6.45) is 12.5. The maximum Gasteiger partial charge on any atom is 0.176 e. The predicted molar refractivity (Wildman–Crippen MR) is 70.2 cm³/mol. The molecule has 0 fully saturated rings. The van der Waals surface area contributed by atoms with Gasteiger partial charge in [-0.1, -0.05) is 61.4 Å². The fourth-order valence-electron chi connectivity index (χ4n) is 2.01. The Morgan fingerprint density at radius 3 is 2.59 bits per heavy atom. The molecule has 1 aromatic carbocycles. The summed E-state index contributed by atoms with van der Waals surface area (Å²) in [5.74, 6) is 3.03. The monoisotopic (exact) mass is 224 g/mol. The zero-order chi connectivity index (χ0) is 12.3. The van der Waals surface area contributed by atoms with Gasteiger partial charge in [0.25, 0.3) is 0 Å². The average molecular weight is 224 g/mol. The van der Waals surface area contributed by atoms with Gasteiger partial charge in [0.1, 0.15) is 0 Å². The molecule has 17 heavy (non-hydrogen) atoms. The van der Waals surface area contributed by atoms with Crippen molar-refractivity contribution in [3.05, 3.63) is 59.7 Å². The highest BCUT2D eigenvalue weighted by Gasteiger charge is 2.30. The van der Waals surface area contributed by atoms with Gasteiger partial charge in [-0.05, 0) is 17.9 Å². The second-order valence-corrected chi connectivity index (χ2v) is 4.45. The van der Waals surface area contributed by atoms with E-state index in [1.807, 2.05) is 42.5 Å². The number of rotatable bonds is 2. The van der Waals surface area contributed by atoms with E-state index in [4.69, 9.17) is 6.42 Å². The number of allylic oxidation sites excluding steroid dienone is 2. The summed E-state index contributed by atoms with van der Waals surface area (Å²) in [5.41, 5.74) is 0.231. The molecule has 2 rings (SSSR count). The van der Waals surface area contributed by atoms with E-state index in [2.05, 4.69) is 18.9 Å². The Morgan fingerprint density at radius 1 is 1.35 bits per heavy atom. The standard InChI is InChI=1S/C16H16O/c1-3-16(17,14-7-5-4-6-8-14)15-11-9-13(2)10-12-15/h1,4-9,11-13,17H,10H2,2H3. The molecule has 0 saturated heterocycles. The molecule has 2 atom stereocenters. The first-order valence-corrected chi connectivity index (χ1v) is 5.81. The highest BCUT2D eigenvalue weighted by molar-refractivity contribution is 5.46. The van der Waals surface area contributed by atoms with Gasteiger partial charge in [-0.2, -0.15) is 0 Å². The SMILES string of the molecule is C#CC(O)(C1=CCC(C)C=C1)c1ccccc1. The van der Waals surface area contributed by atoms with Gasteiger partial charge < -0.3 is 5.11 Å². The lowest BCUT2D eigenvalue weighted by Gasteiger charge is -2.26. The Morgan fingerprint density at radius 2 is 2.06 bits per heavy atom. The van der Waals surface area contributed by atoms with Gasteiger partial charge in [-0.15, -0.1) is 6.42 Å². The van der Waals surface area contributed by atoms with Crippen LogP contribution in [0.3, 0.4) is 0 Å². The van der Waals surface area contributed by atoms with Crippen LogP contribution in [0.4, 0.5) is 0 Å². The molecule has 86 valence electrons. The molecule has 1 nitrogen and oxygen atoms in total. The fourth-order valence-corrected chi connectivity index (χ4v) is 2.01. The van der Waals surface area contributed by atoms with Crippen LogP contribution in [0, 0.1) is 18.3 Å². The van der Waals surface area contributed by atoms with Gasteiger partial charge in [0.15, 0.2) is 5.60 Å². The van der Waals surface area contributed by atoms with Crippen LogP contribution in [0.1, 0.15) is 18.9 Å². The summed E-state index contributed by atoms with van der Waals surface area (Å²) in [7, 11) is 0. The van der Waals surface area contributed by atoms with Gasteiger partial charge in [-0.25, -0.2) is 0 Å². The Hall–Kier alpha value is -1.78. The van der Waals surface area contributed by atoms with Crippen LogP contribution in [-0.4, -0.2) is 5.11 Å². The lowest BCUT2D eigenvalue weighted by molar-refractivity contribution is 0.143. The van der Waals surface area contributed by atoms with Crippen molar-refractivity contribution in [2.75, 3.05) is 0 Å². The Kier molecular flexibility index (Phi) is 3.17. The Balaban J connectivity index is 2.41. The van der Waals surface area contributed by atoms with Gasteiger partial charge >= 0.3 is 0 Å². The van der Waals surface area contributed by atoms with Crippen molar-refractivity contribution in [2.45, 2.75) is 18.9 Å². The summed E-state index contributed by atoms with van der Waals surface area (Å²) in [6.45, 7) is 2.14. The molecule has 1 aromatic rings. The van der Waals surface area contributed by atoms with Crippen LogP contribution in [0.25, 0.3) is 0 Å². The molecule has 2 unspecified atom stereocenters. The maximum absolute atomic E-state index is 10.6. The summed E-state index contributed by atoms with van der Waals surface area (Å²) in [4.78, 5) is 0. The van der Waals surface area contributed by atoms with Crippen molar-refractivity contribution >= 4 is 0 Å². The van der Waals surface area contributed by atoms with E-state index in [1.54, 1.807) is 0 Å². The molecular formula is C16H16O. The third-order valence-corrected chi connectivity index (χ3v) is 3.13. The molecule has 0 amide bonds. The van der Waals surface area contributed by atoms with E-state index in [-0.39, 0.29) is 0 Å². The predicted octanol–water partition coefficient (Wildman–Crippen LogP) is 3.03. The van der Waals surface area contributed by atoms with Crippen LogP contribution in [0.15, 0.2) is 54.1 Å². The fraction of sp³-hybridized carbons (Fsp3) is 0.250. The highest BCUT2D eigenvalue weighted by Crippen LogP contribution is 2.32. The van der Waals surface area contributed by atoms with Crippen molar-refractivity contribution in [1.29, 1.82) is 0 Å². The number of hydrogen-bond donors (Lipinski definition) is 1. The van der Waals surface area contributed by atoms with E-state index in [1.165, 1.54) is 0 Å². The van der Waals surface area contributed by atoms with Crippen molar-refractivity contribution in [1.82, 2.24) is 0 Å². The zero-order valence-corrected chi connectivity index (χ0v) is 9.93. The molecule has 0 spiro atoms. The molecule has 0 heterocycles. The number of terminal acetylenes is 1.